The van der Waals surface area contributed by atoms with Gasteiger partial charge in [-0.2, -0.15) is 12.6 Å². The average Bonchev–Trinajstić information content (AvgIpc) is 2.94. The van der Waals surface area contributed by atoms with Crippen molar-refractivity contribution < 1.29 is 64.0 Å². The van der Waals surface area contributed by atoms with Gasteiger partial charge in [-0.3, -0.25) is 9.59 Å². The molecule has 3 unspecified atom stereocenters. The van der Waals surface area contributed by atoms with E-state index in [0.29, 0.717) is 19.4 Å². The number of carboxylic acid groups (broad SMARTS) is 1. The summed E-state index contributed by atoms with van der Waals surface area (Å²) in [5.41, 5.74) is 3.27. The second-order valence-electron chi connectivity index (χ2n) is 8.76. The third-order valence-electron chi connectivity index (χ3n) is 5.38. The molecule has 0 bridgehead atoms. The molecule has 1 heterocycles. The summed E-state index contributed by atoms with van der Waals surface area (Å²) in [6.45, 7) is 8.97. The Kier molecular flexibility index (Phi) is 24.8. The van der Waals surface area contributed by atoms with Crippen LogP contribution in [0.25, 0.3) is 11.1 Å². The van der Waals surface area contributed by atoms with Crippen LogP contribution < -0.4 is 45.3 Å². The fourth-order valence-electron chi connectivity index (χ4n) is 3.62. The molecule has 2 aromatic carbocycles. The standard InChI is InChI=1S/C17H19NO2.C9H15NO5.C2H6S.C2H6.Na/c1-13(19)12-18-17(20)11-14-7-9-16(10-8-14)15-5-3-2-4-6-15;1-5(12)10-6-2-3-7(9(13)14)15-8(6)4-11;1-2-3;1-2;/h2-10,13,19H,11-12H2,1H3,(H,18,20);6-8,11H,2-4H2,1H3,(H,10,12)(H,13,14);3H,2H2,1H3;1-2H3;/q;;;;+1/p-1/t;6?,7?,8-;;;/m.0.../s1. The maximum atomic E-state index is 11.6. The van der Waals surface area contributed by atoms with E-state index in [-0.39, 0.29) is 60.4 Å². The van der Waals surface area contributed by atoms with E-state index in [4.69, 9.17) is 14.9 Å². The van der Waals surface area contributed by atoms with Gasteiger partial charge >= 0.3 is 29.6 Å². The quantitative estimate of drug-likeness (QED) is 0.196. The number of amides is 2. The van der Waals surface area contributed by atoms with Crippen LogP contribution in [0.3, 0.4) is 0 Å². The predicted octanol–water partition coefficient (Wildman–Crippen LogP) is -0.860. The Morgan fingerprint density at radius 3 is 2.05 bits per heavy atom. The van der Waals surface area contributed by atoms with Crippen LogP contribution in [0.4, 0.5) is 0 Å². The van der Waals surface area contributed by atoms with E-state index in [1.807, 2.05) is 63.2 Å². The van der Waals surface area contributed by atoms with E-state index in [1.165, 1.54) is 6.92 Å². The van der Waals surface area contributed by atoms with Crippen LogP contribution in [-0.4, -0.2) is 71.3 Å². The smallest absolute Gasteiger partial charge is 0.547 e. The van der Waals surface area contributed by atoms with Crippen LogP contribution in [0.2, 0.25) is 0 Å². The molecule has 0 saturated carbocycles. The van der Waals surface area contributed by atoms with Gasteiger partial charge in [-0.1, -0.05) is 75.4 Å². The van der Waals surface area contributed by atoms with Crippen molar-refractivity contribution in [2.75, 3.05) is 18.9 Å². The summed E-state index contributed by atoms with van der Waals surface area (Å²) in [6, 6.07) is 17.8. The number of rotatable bonds is 8. The van der Waals surface area contributed by atoms with E-state index >= 15 is 0 Å². The van der Waals surface area contributed by atoms with Crippen molar-refractivity contribution in [1.29, 1.82) is 0 Å². The number of aliphatic hydroxyl groups excluding tert-OH is 2. The van der Waals surface area contributed by atoms with Gasteiger partial charge in [0, 0.05) is 13.5 Å². The van der Waals surface area contributed by atoms with Crippen molar-refractivity contribution in [3.8, 4) is 11.1 Å². The largest absolute Gasteiger partial charge is 1.00 e. The number of hydrogen-bond donors (Lipinski definition) is 5. The molecular formula is C30H45N2NaO7S. The molecule has 9 nitrogen and oxygen atoms in total. The first kappa shape index (κ1) is 41.2. The summed E-state index contributed by atoms with van der Waals surface area (Å²) in [6.07, 6.45) is -1.10. The summed E-state index contributed by atoms with van der Waals surface area (Å²) in [5, 5.41) is 33.9. The molecule has 41 heavy (non-hydrogen) atoms. The minimum absolute atomic E-state index is 0. The first-order chi connectivity index (χ1) is 19.1. The summed E-state index contributed by atoms with van der Waals surface area (Å²) in [7, 11) is 0. The Labute approximate surface area is 272 Å². The van der Waals surface area contributed by atoms with E-state index < -0.39 is 24.3 Å². The maximum Gasteiger partial charge on any atom is 1.00 e. The molecule has 0 radical (unpaired) electrons. The van der Waals surface area contributed by atoms with E-state index in [0.717, 1.165) is 22.4 Å². The van der Waals surface area contributed by atoms with Crippen molar-refractivity contribution in [2.45, 2.75) is 78.2 Å². The van der Waals surface area contributed by atoms with Crippen LogP contribution in [-0.2, 0) is 25.5 Å². The van der Waals surface area contributed by atoms with Gasteiger partial charge in [-0.15, -0.1) is 0 Å². The monoisotopic (exact) mass is 600 g/mol. The first-order valence-corrected chi connectivity index (χ1v) is 14.2. The van der Waals surface area contributed by atoms with Gasteiger partial charge in [0.05, 0.1) is 37.2 Å². The third-order valence-corrected chi connectivity index (χ3v) is 5.38. The number of aliphatic hydroxyl groups is 2. The van der Waals surface area contributed by atoms with E-state index in [9.17, 15) is 19.5 Å². The Morgan fingerprint density at radius 2 is 1.59 bits per heavy atom. The Bertz CT molecular complexity index is 979. The molecule has 1 aliphatic heterocycles. The number of hydrogen-bond acceptors (Lipinski definition) is 8. The van der Waals surface area contributed by atoms with Gasteiger partial charge in [0.1, 0.15) is 6.10 Å². The minimum atomic E-state index is -1.28. The fourth-order valence-corrected chi connectivity index (χ4v) is 3.62. The average molecular weight is 601 g/mol. The Balaban J connectivity index is 0. The van der Waals surface area contributed by atoms with Crippen molar-refractivity contribution in [2.24, 2.45) is 0 Å². The molecule has 1 saturated heterocycles. The molecule has 224 valence electrons. The summed E-state index contributed by atoms with van der Waals surface area (Å²) < 4.78 is 5.08. The molecule has 4 atom stereocenters. The van der Waals surface area contributed by atoms with Crippen LogP contribution in [0.1, 0.15) is 53.0 Å². The molecule has 1 fully saturated rings. The molecule has 4 N–H and O–H groups in total. The van der Waals surface area contributed by atoms with Crippen LogP contribution in [0, 0.1) is 0 Å². The Hall–Kier alpha value is -1.92. The number of ether oxygens (including phenoxy) is 1. The Morgan fingerprint density at radius 1 is 1.05 bits per heavy atom. The molecule has 11 heteroatoms. The SMILES string of the molecule is CC.CC(=O)NC1CCC(C(=O)[O-])O[C@H]1CO.CC(O)CNC(=O)Cc1ccc(-c2ccccc2)cc1.CCS.[Na+]. The maximum absolute atomic E-state index is 11.6. The number of thiol groups is 1. The summed E-state index contributed by atoms with van der Waals surface area (Å²) in [5.74, 6) is -0.637. The van der Waals surface area contributed by atoms with Crippen LogP contribution >= 0.6 is 12.6 Å². The molecular weight excluding hydrogens is 555 g/mol. The number of benzene rings is 2. The van der Waals surface area contributed by atoms with Gasteiger partial charge in [-0.05, 0) is 42.2 Å². The van der Waals surface area contributed by atoms with Gasteiger partial charge in [0.2, 0.25) is 11.8 Å². The number of nitrogens with one attached hydrogen (secondary N) is 2. The molecule has 2 amide bonds. The summed E-state index contributed by atoms with van der Waals surface area (Å²) in [4.78, 5) is 33.0. The van der Waals surface area contributed by atoms with Gasteiger partial charge < -0.3 is 35.5 Å². The number of carbonyl (C=O) groups excluding carboxylic acids is 3. The molecule has 0 aliphatic carbocycles. The van der Waals surface area contributed by atoms with E-state index in [2.05, 4.69) is 35.4 Å². The molecule has 1 aliphatic rings. The van der Waals surface area contributed by atoms with Gasteiger partial charge in [0.15, 0.2) is 0 Å². The second-order valence-corrected chi connectivity index (χ2v) is 9.39. The zero-order chi connectivity index (χ0) is 30.5. The first-order valence-electron chi connectivity index (χ1n) is 13.5. The van der Waals surface area contributed by atoms with Crippen molar-refractivity contribution in [1.82, 2.24) is 10.6 Å². The van der Waals surface area contributed by atoms with E-state index in [1.54, 1.807) is 6.92 Å². The fraction of sp³-hybridized carbons (Fsp3) is 0.500. The number of aliphatic carboxylic acids is 1. The van der Waals surface area contributed by atoms with Gasteiger partial charge in [0.25, 0.3) is 0 Å². The minimum Gasteiger partial charge on any atom is -0.547 e. The number of carbonyl (C=O) groups is 3. The third kappa shape index (κ3) is 18.3. The molecule has 3 rings (SSSR count). The molecule has 0 spiro atoms. The topological polar surface area (TPSA) is 148 Å². The second kappa shape index (κ2) is 24.7. The molecule has 2 aromatic rings. The zero-order valence-electron chi connectivity index (χ0n) is 25.1. The van der Waals surface area contributed by atoms with Crippen LogP contribution in [0.15, 0.2) is 54.6 Å². The summed E-state index contributed by atoms with van der Waals surface area (Å²) >= 11 is 3.79. The number of carboxylic acids is 1. The van der Waals surface area contributed by atoms with Crippen molar-refractivity contribution >= 4 is 30.4 Å². The van der Waals surface area contributed by atoms with Crippen molar-refractivity contribution in [3.05, 3.63) is 60.2 Å². The predicted molar refractivity (Wildman–Crippen MR) is 159 cm³/mol. The molecule has 0 aromatic heterocycles. The van der Waals surface area contributed by atoms with Crippen LogP contribution in [0.5, 0.6) is 0 Å². The zero-order valence-corrected chi connectivity index (χ0v) is 28.0. The normalized spacial score (nSPS) is 17.7. The van der Waals surface area contributed by atoms with Gasteiger partial charge in [-0.25, -0.2) is 0 Å². The van der Waals surface area contributed by atoms with Crippen molar-refractivity contribution in [3.63, 3.8) is 0 Å².